The van der Waals surface area contributed by atoms with Gasteiger partial charge in [-0.25, -0.2) is 5.43 Å². The van der Waals surface area contributed by atoms with Crippen LogP contribution in [0.3, 0.4) is 0 Å². The maximum absolute atomic E-state index is 11.8. The van der Waals surface area contributed by atoms with E-state index in [0.717, 1.165) is 17.1 Å². The molecule has 0 fully saturated rings. The molecule has 5 heteroatoms. The summed E-state index contributed by atoms with van der Waals surface area (Å²) in [4.78, 5) is 13.0. The number of benzene rings is 2. The number of amides is 1. The van der Waals surface area contributed by atoms with Gasteiger partial charge in [0.2, 0.25) is 5.91 Å². The molecule has 0 saturated heterocycles. The topological polar surface area (TPSA) is 50.7 Å². The monoisotopic (exact) mass is 354 g/mol. The van der Waals surface area contributed by atoms with Gasteiger partial charge in [-0.2, -0.15) is 5.10 Å². The van der Waals surface area contributed by atoms with Crippen LogP contribution in [0.2, 0.25) is 0 Å². The van der Waals surface area contributed by atoms with Crippen molar-refractivity contribution in [1.29, 1.82) is 0 Å². The van der Waals surface area contributed by atoms with Crippen molar-refractivity contribution in [3.05, 3.63) is 72.3 Å². The zero-order valence-corrected chi connectivity index (χ0v) is 15.1. The van der Waals surface area contributed by atoms with Crippen LogP contribution in [0.25, 0.3) is 0 Å². The second kappa shape index (κ2) is 10.4. The van der Waals surface area contributed by atoms with Crippen LogP contribution in [0.1, 0.15) is 17.5 Å². The highest BCUT2D eigenvalue weighted by atomic mass is 32.2. The van der Waals surface area contributed by atoms with Crippen LogP contribution >= 0.6 is 11.8 Å². The van der Waals surface area contributed by atoms with Crippen molar-refractivity contribution in [2.24, 2.45) is 5.10 Å². The summed E-state index contributed by atoms with van der Waals surface area (Å²) in [6.45, 7) is 6.13. The van der Waals surface area contributed by atoms with E-state index in [-0.39, 0.29) is 5.91 Å². The van der Waals surface area contributed by atoms with E-state index in [1.165, 1.54) is 10.5 Å². The van der Waals surface area contributed by atoms with E-state index in [1.54, 1.807) is 24.1 Å². The van der Waals surface area contributed by atoms with Crippen LogP contribution in [0.15, 0.2) is 71.2 Å². The number of aryl methyl sites for hydroxylation is 1. The highest BCUT2D eigenvalue weighted by Crippen LogP contribution is 2.18. The number of ether oxygens (including phenoxy) is 1. The summed E-state index contributed by atoms with van der Waals surface area (Å²) in [5.41, 5.74) is 4.64. The Balaban J connectivity index is 1.72. The minimum absolute atomic E-state index is 0.102. The third-order valence-electron chi connectivity index (χ3n) is 3.25. The normalized spacial score (nSPS) is 10.6. The summed E-state index contributed by atoms with van der Waals surface area (Å²) in [6, 6.07) is 15.8. The van der Waals surface area contributed by atoms with E-state index >= 15 is 0 Å². The second-order valence-corrected chi connectivity index (χ2v) is 6.55. The fraction of sp³-hybridized carbons (Fsp3) is 0.200. The molecular formula is C20H22N2O2S. The standard InChI is InChI=1S/C20H22N2O2S/c1-3-12-24-18-6-4-5-17(14-18)15-21-22-20(23)11-13-25-19-9-7-16(2)8-10-19/h3-10,14-15H,1,11-13H2,2H3,(H,22,23)/b21-15-. The van der Waals surface area contributed by atoms with Crippen molar-refractivity contribution in [1.82, 2.24) is 5.43 Å². The van der Waals surface area contributed by atoms with Crippen molar-refractivity contribution in [3.63, 3.8) is 0 Å². The van der Waals surface area contributed by atoms with Crippen molar-refractivity contribution >= 4 is 23.9 Å². The number of carbonyl (C=O) groups is 1. The average molecular weight is 354 g/mol. The van der Waals surface area contributed by atoms with E-state index < -0.39 is 0 Å². The predicted molar refractivity (Wildman–Crippen MR) is 104 cm³/mol. The average Bonchev–Trinajstić information content (AvgIpc) is 2.62. The number of thioether (sulfide) groups is 1. The molecule has 0 aliphatic heterocycles. The highest BCUT2D eigenvalue weighted by Gasteiger charge is 2.01. The number of carbonyl (C=O) groups excluding carboxylic acids is 1. The van der Waals surface area contributed by atoms with Gasteiger partial charge in [0.05, 0.1) is 6.21 Å². The molecule has 4 nitrogen and oxygen atoms in total. The Morgan fingerprint density at radius 1 is 1.28 bits per heavy atom. The van der Waals surface area contributed by atoms with Gasteiger partial charge in [0, 0.05) is 17.1 Å². The Hall–Kier alpha value is -2.53. The van der Waals surface area contributed by atoms with Gasteiger partial charge >= 0.3 is 0 Å². The third kappa shape index (κ3) is 7.27. The molecule has 2 aromatic carbocycles. The fourth-order valence-electron chi connectivity index (χ4n) is 1.97. The van der Waals surface area contributed by atoms with Crippen molar-refractivity contribution < 1.29 is 9.53 Å². The first-order valence-electron chi connectivity index (χ1n) is 8.02. The lowest BCUT2D eigenvalue weighted by Gasteiger charge is -2.03. The molecule has 0 radical (unpaired) electrons. The van der Waals surface area contributed by atoms with Gasteiger partial charge in [-0.15, -0.1) is 11.8 Å². The molecule has 0 aromatic heterocycles. The first-order valence-corrected chi connectivity index (χ1v) is 9.01. The minimum atomic E-state index is -0.102. The SMILES string of the molecule is C=CCOc1cccc(/C=N\NC(=O)CCSc2ccc(C)cc2)c1. The molecule has 2 aromatic rings. The van der Waals surface area contributed by atoms with Crippen LogP contribution in [0.4, 0.5) is 0 Å². The van der Waals surface area contributed by atoms with Gasteiger partial charge in [-0.3, -0.25) is 4.79 Å². The van der Waals surface area contributed by atoms with Gasteiger partial charge in [-0.1, -0.05) is 42.5 Å². The lowest BCUT2D eigenvalue weighted by atomic mass is 10.2. The largest absolute Gasteiger partial charge is 0.490 e. The summed E-state index contributed by atoms with van der Waals surface area (Å²) in [5, 5.41) is 3.99. The predicted octanol–water partition coefficient (Wildman–Crippen LogP) is 4.19. The molecule has 2 rings (SSSR count). The van der Waals surface area contributed by atoms with Crippen LogP contribution in [0, 0.1) is 6.92 Å². The first kappa shape index (κ1) is 18.8. The molecule has 25 heavy (non-hydrogen) atoms. The molecule has 0 heterocycles. The Labute approximate surface area is 153 Å². The Morgan fingerprint density at radius 2 is 2.08 bits per heavy atom. The maximum atomic E-state index is 11.8. The molecule has 0 bridgehead atoms. The molecular weight excluding hydrogens is 332 g/mol. The van der Waals surface area contributed by atoms with Crippen LogP contribution in [0.5, 0.6) is 5.75 Å². The van der Waals surface area contributed by atoms with Crippen LogP contribution in [-0.2, 0) is 4.79 Å². The van der Waals surface area contributed by atoms with E-state index in [4.69, 9.17) is 4.74 Å². The lowest BCUT2D eigenvalue weighted by Crippen LogP contribution is -2.17. The van der Waals surface area contributed by atoms with Gasteiger partial charge in [0.15, 0.2) is 0 Å². The second-order valence-electron chi connectivity index (χ2n) is 5.38. The van der Waals surface area contributed by atoms with E-state index in [2.05, 4.69) is 48.3 Å². The number of rotatable bonds is 9. The van der Waals surface area contributed by atoms with E-state index in [9.17, 15) is 4.79 Å². The number of hydrazone groups is 1. The molecule has 0 atom stereocenters. The number of hydrogen-bond acceptors (Lipinski definition) is 4. The molecule has 1 amide bonds. The zero-order chi connectivity index (χ0) is 17.9. The first-order chi connectivity index (χ1) is 12.2. The molecule has 0 saturated carbocycles. The van der Waals surface area contributed by atoms with Gasteiger partial charge in [0.1, 0.15) is 12.4 Å². The summed E-state index contributed by atoms with van der Waals surface area (Å²) >= 11 is 1.66. The summed E-state index contributed by atoms with van der Waals surface area (Å²) in [5.74, 6) is 1.36. The van der Waals surface area contributed by atoms with Crippen molar-refractivity contribution in [3.8, 4) is 5.75 Å². The number of nitrogens with one attached hydrogen (secondary N) is 1. The smallest absolute Gasteiger partial charge is 0.240 e. The quantitative estimate of drug-likeness (QED) is 0.318. The van der Waals surface area contributed by atoms with Crippen LogP contribution < -0.4 is 10.2 Å². The fourth-order valence-corrected chi connectivity index (χ4v) is 2.82. The number of nitrogens with zero attached hydrogens (tertiary/aromatic N) is 1. The van der Waals surface area contributed by atoms with Gasteiger partial charge in [0.25, 0.3) is 0 Å². The minimum Gasteiger partial charge on any atom is -0.490 e. The Kier molecular flexibility index (Phi) is 7.79. The van der Waals surface area contributed by atoms with Gasteiger partial charge in [-0.05, 0) is 36.8 Å². The van der Waals surface area contributed by atoms with Crippen LogP contribution in [-0.4, -0.2) is 24.5 Å². The van der Waals surface area contributed by atoms with Crippen molar-refractivity contribution in [2.75, 3.05) is 12.4 Å². The maximum Gasteiger partial charge on any atom is 0.240 e. The third-order valence-corrected chi connectivity index (χ3v) is 4.26. The Bertz CT molecular complexity index is 727. The molecule has 0 spiro atoms. The summed E-state index contributed by atoms with van der Waals surface area (Å²) < 4.78 is 5.46. The molecule has 1 N–H and O–H groups in total. The Morgan fingerprint density at radius 3 is 2.84 bits per heavy atom. The molecule has 0 unspecified atom stereocenters. The highest BCUT2D eigenvalue weighted by molar-refractivity contribution is 7.99. The summed E-state index contributed by atoms with van der Waals surface area (Å²) in [6.07, 6.45) is 3.71. The van der Waals surface area contributed by atoms with Crippen molar-refractivity contribution in [2.45, 2.75) is 18.2 Å². The lowest BCUT2D eigenvalue weighted by molar-refractivity contribution is -0.120. The number of hydrogen-bond donors (Lipinski definition) is 1. The van der Waals surface area contributed by atoms with E-state index in [1.807, 2.05) is 24.3 Å². The van der Waals surface area contributed by atoms with Gasteiger partial charge < -0.3 is 4.74 Å². The zero-order valence-electron chi connectivity index (χ0n) is 14.3. The summed E-state index contributed by atoms with van der Waals surface area (Å²) in [7, 11) is 0. The molecule has 0 aliphatic carbocycles. The molecule has 0 aliphatic rings. The van der Waals surface area contributed by atoms with E-state index in [0.29, 0.717) is 13.0 Å². The molecule has 130 valence electrons.